The molecular weight excluding hydrogens is 284 g/mol. The second kappa shape index (κ2) is 6.83. The van der Waals surface area contributed by atoms with Gasteiger partial charge in [0.1, 0.15) is 5.69 Å². The maximum Gasteiger partial charge on any atom is 0.270 e. The molecule has 4 nitrogen and oxygen atoms in total. The van der Waals surface area contributed by atoms with Gasteiger partial charge in [-0.05, 0) is 18.4 Å². The van der Waals surface area contributed by atoms with Crippen LogP contribution in [0.5, 0.6) is 0 Å². The number of benzene rings is 1. The van der Waals surface area contributed by atoms with Gasteiger partial charge in [0.15, 0.2) is 0 Å². The molecule has 3 rings (SSSR count). The molecule has 1 saturated heterocycles. The molecule has 2 heterocycles. The van der Waals surface area contributed by atoms with E-state index in [1.807, 2.05) is 23.6 Å². The van der Waals surface area contributed by atoms with Gasteiger partial charge in [-0.25, -0.2) is 4.98 Å². The van der Waals surface area contributed by atoms with Gasteiger partial charge in [-0.2, -0.15) is 0 Å². The van der Waals surface area contributed by atoms with Crippen LogP contribution < -0.4 is 5.32 Å². The van der Waals surface area contributed by atoms with Crippen molar-refractivity contribution < 1.29 is 9.53 Å². The summed E-state index contributed by atoms with van der Waals surface area (Å²) in [6.45, 7) is 1.38. The van der Waals surface area contributed by atoms with E-state index >= 15 is 0 Å². The standard InChI is InChI=1S/C16H18N2O2S/c19-16(17-10-13-7-4-8-20-13)14-11-21-15(18-14)9-12-5-2-1-3-6-12/h1-3,5-6,11,13H,4,7-10H2,(H,17,19)/t13-/m0/s1. The van der Waals surface area contributed by atoms with Crippen molar-refractivity contribution in [1.82, 2.24) is 10.3 Å². The Morgan fingerprint density at radius 3 is 3.00 bits per heavy atom. The molecule has 1 aromatic carbocycles. The molecule has 110 valence electrons. The third kappa shape index (κ3) is 3.89. The molecule has 1 amide bonds. The molecule has 1 N–H and O–H groups in total. The first-order chi connectivity index (χ1) is 10.3. The Morgan fingerprint density at radius 2 is 2.24 bits per heavy atom. The summed E-state index contributed by atoms with van der Waals surface area (Å²) in [5.41, 5.74) is 1.71. The minimum absolute atomic E-state index is 0.110. The predicted octanol–water partition coefficient (Wildman–Crippen LogP) is 2.64. The quantitative estimate of drug-likeness (QED) is 0.924. The number of nitrogens with zero attached hydrogens (tertiary/aromatic N) is 1. The van der Waals surface area contributed by atoms with E-state index in [4.69, 9.17) is 4.74 Å². The zero-order chi connectivity index (χ0) is 14.5. The molecule has 2 aromatic rings. The van der Waals surface area contributed by atoms with Gasteiger partial charge in [0.05, 0.1) is 11.1 Å². The molecule has 1 aliphatic heterocycles. The molecule has 1 atom stereocenters. The monoisotopic (exact) mass is 302 g/mol. The number of carbonyl (C=O) groups is 1. The van der Waals surface area contributed by atoms with E-state index in [0.717, 1.165) is 30.9 Å². The minimum atomic E-state index is -0.110. The summed E-state index contributed by atoms with van der Waals surface area (Å²) in [6.07, 6.45) is 3.04. The van der Waals surface area contributed by atoms with Crippen molar-refractivity contribution in [2.45, 2.75) is 25.4 Å². The number of ether oxygens (including phenoxy) is 1. The van der Waals surface area contributed by atoms with Crippen LogP contribution in [0.2, 0.25) is 0 Å². The Morgan fingerprint density at radius 1 is 1.38 bits per heavy atom. The Labute approximate surface area is 128 Å². The van der Waals surface area contributed by atoms with Crippen molar-refractivity contribution in [3.8, 4) is 0 Å². The van der Waals surface area contributed by atoms with Crippen LogP contribution in [0, 0.1) is 0 Å². The molecule has 1 aromatic heterocycles. The van der Waals surface area contributed by atoms with Gasteiger partial charge in [-0.1, -0.05) is 30.3 Å². The highest BCUT2D eigenvalue weighted by Crippen LogP contribution is 2.15. The van der Waals surface area contributed by atoms with Crippen LogP contribution in [0.1, 0.15) is 33.9 Å². The van der Waals surface area contributed by atoms with E-state index in [0.29, 0.717) is 12.2 Å². The van der Waals surface area contributed by atoms with Crippen molar-refractivity contribution in [2.75, 3.05) is 13.2 Å². The third-order valence-electron chi connectivity index (χ3n) is 3.50. The van der Waals surface area contributed by atoms with Gasteiger partial charge in [0.25, 0.3) is 5.91 Å². The number of carbonyl (C=O) groups excluding carboxylic acids is 1. The average Bonchev–Trinajstić information content (AvgIpc) is 3.17. The van der Waals surface area contributed by atoms with E-state index in [-0.39, 0.29) is 12.0 Å². The van der Waals surface area contributed by atoms with E-state index in [2.05, 4.69) is 22.4 Å². The summed E-state index contributed by atoms with van der Waals surface area (Å²) >= 11 is 1.53. The topological polar surface area (TPSA) is 51.2 Å². The summed E-state index contributed by atoms with van der Waals surface area (Å²) < 4.78 is 5.49. The molecule has 0 radical (unpaired) electrons. The summed E-state index contributed by atoms with van der Waals surface area (Å²) in [6, 6.07) is 10.2. The highest BCUT2D eigenvalue weighted by atomic mass is 32.1. The number of amides is 1. The van der Waals surface area contributed by atoms with Gasteiger partial charge in [0.2, 0.25) is 0 Å². The molecule has 0 spiro atoms. The van der Waals surface area contributed by atoms with Gasteiger partial charge in [0, 0.05) is 25.0 Å². The molecule has 0 bridgehead atoms. The number of thiazole rings is 1. The second-order valence-electron chi connectivity index (χ2n) is 5.13. The molecular formula is C16H18N2O2S. The number of hydrogen-bond donors (Lipinski definition) is 1. The van der Waals surface area contributed by atoms with E-state index < -0.39 is 0 Å². The van der Waals surface area contributed by atoms with Crippen LogP contribution in [0.15, 0.2) is 35.7 Å². The van der Waals surface area contributed by atoms with E-state index in [1.54, 1.807) is 0 Å². The maximum absolute atomic E-state index is 12.0. The predicted molar refractivity (Wildman–Crippen MR) is 82.7 cm³/mol. The Bertz CT molecular complexity index is 591. The largest absolute Gasteiger partial charge is 0.376 e. The first-order valence-corrected chi connectivity index (χ1v) is 8.07. The Kier molecular flexibility index (Phi) is 4.62. The van der Waals surface area contributed by atoms with Gasteiger partial charge in [-0.3, -0.25) is 4.79 Å². The summed E-state index contributed by atoms with van der Waals surface area (Å²) in [5.74, 6) is -0.110. The molecule has 21 heavy (non-hydrogen) atoms. The van der Waals surface area contributed by atoms with Crippen molar-refractivity contribution in [2.24, 2.45) is 0 Å². The Balaban J connectivity index is 1.55. The van der Waals surface area contributed by atoms with Crippen LogP contribution in [0.4, 0.5) is 0 Å². The lowest BCUT2D eigenvalue weighted by molar-refractivity contribution is 0.0854. The third-order valence-corrected chi connectivity index (χ3v) is 4.35. The normalized spacial score (nSPS) is 17.8. The summed E-state index contributed by atoms with van der Waals surface area (Å²) in [7, 11) is 0. The second-order valence-corrected chi connectivity index (χ2v) is 6.08. The van der Waals surface area contributed by atoms with Crippen molar-refractivity contribution in [3.63, 3.8) is 0 Å². The molecule has 0 saturated carbocycles. The highest BCUT2D eigenvalue weighted by molar-refractivity contribution is 7.09. The van der Waals surface area contributed by atoms with Gasteiger partial charge >= 0.3 is 0 Å². The first kappa shape index (κ1) is 14.2. The molecule has 1 aliphatic rings. The molecule has 0 aliphatic carbocycles. The van der Waals surface area contributed by atoms with Crippen molar-refractivity contribution in [1.29, 1.82) is 0 Å². The van der Waals surface area contributed by atoms with Crippen LogP contribution >= 0.6 is 11.3 Å². The fraction of sp³-hybridized carbons (Fsp3) is 0.375. The number of rotatable bonds is 5. The average molecular weight is 302 g/mol. The zero-order valence-corrected chi connectivity index (χ0v) is 12.6. The fourth-order valence-corrected chi connectivity index (χ4v) is 3.18. The lowest BCUT2D eigenvalue weighted by Gasteiger charge is -2.09. The smallest absolute Gasteiger partial charge is 0.270 e. The zero-order valence-electron chi connectivity index (χ0n) is 11.7. The molecule has 0 unspecified atom stereocenters. The van der Waals surface area contributed by atoms with Gasteiger partial charge in [-0.15, -0.1) is 11.3 Å². The van der Waals surface area contributed by atoms with Crippen LogP contribution in [0.25, 0.3) is 0 Å². The van der Waals surface area contributed by atoms with Gasteiger partial charge < -0.3 is 10.1 Å². The molecule has 1 fully saturated rings. The van der Waals surface area contributed by atoms with E-state index in [9.17, 15) is 4.79 Å². The van der Waals surface area contributed by atoms with E-state index in [1.165, 1.54) is 16.9 Å². The lowest BCUT2D eigenvalue weighted by atomic mass is 10.2. The maximum atomic E-state index is 12.0. The van der Waals surface area contributed by atoms with Crippen LogP contribution in [-0.2, 0) is 11.2 Å². The summed E-state index contributed by atoms with van der Waals surface area (Å²) in [4.78, 5) is 16.5. The minimum Gasteiger partial charge on any atom is -0.376 e. The molecule has 5 heteroatoms. The number of aromatic nitrogens is 1. The van der Waals surface area contributed by atoms with Crippen molar-refractivity contribution in [3.05, 3.63) is 52.0 Å². The fourth-order valence-electron chi connectivity index (χ4n) is 2.37. The lowest BCUT2D eigenvalue weighted by Crippen LogP contribution is -2.31. The number of hydrogen-bond acceptors (Lipinski definition) is 4. The number of nitrogens with one attached hydrogen (secondary N) is 1. The van der Waals surface area contributed by atoms with Crippen LogP contribution in [-0.4, -0.2) is 30.1 Å². The van der Waals surface area contributed by atoms with Crippen LogP contribution in [0.3, 0.4) is 0 Å². The van der Waals surface area contributed by atoms with Crippen molar-refractivity contribution >= 4 is 17.2 Å². The summed E-state index contributed by atoms with van der Waals surface area (Å²) in [5, 5.41) is 5.68. The highest BCUT2D eigenvalue weighted by Gasteiger charge is 2.17. The SMILES string of the molecule is O=C(NC[C@@H]1CCCO1)c1csc(Cc2ccccc2)n1. The first-order valence-electron chi connectivity index (χ1n) is 7.19. The Hall–Kier alpha value is -1.72.